The van der Waals surface area contributed by atoms with E-state index in [0.717, 1.165) is 17.9 Å². The summed E-state index contributed by atoms with van der Waals surface area (Å²) >= 11 is 0. The molecule has 0 bridgehead atoms. The summed E-state index contributed by atoms with van der Waals surface area (Å²) < 4.78 is 0. The third-order valence-electron chi connectivity index (χ3n) is 3.62. The topological polar surface area (TPSA) is 12.0 Å². The van der Waals surface area contributed by atoms with Gasteiger partial charge in [-0.15, -0.1) is 0 Å². The normalized spacial score (nSPS) is 19.2. The molecule has 0 aliphatic heterocycles. The molecule has 1 saturated carbocycles. The molecule has 1 aliphatic carbocycles. The molecule has 1 fully saturated rings. The quantitative estimate of drug-likeness (QED) is 0.640. The van der Waals surface area contributed by atoms with E-state index in [1.807, 2.05) is 0 Å². The lowest BCUT2D eigenvalue weighted by molar-refractivity contribution is 0.249. The van der Waals surface area contributed by atoms with Crippen LogP contribution in [-0.2, 0) is 0 Å². The average molecular weight is 211 g/mol. The molecule has 1 rings (SSSR count). The summed E-state index contributed by atoms with van der Waals surface area (Å²) in [5.74, 6) is 1.91. The van der Waals surface area contributed by atoms with Gasteiger partial charge in [0, 0.05) is 6.04 Å². The summed E-state index contributed by atoms with van der Waals surface area (Å²) in [5, 5.41) is 3.72. The second-order valence-electron chi connectivity index (χ2n) is 5.65. The molecule has 0 saturated heterocycles. The molecule has 90 valence electrons. The molecule has 0 aromatic carbocycles. The number of rotatable bonds is 8. The van der Waals surface area contributed by atoms with Crippen LogP contribution in [0.1, 0.15) is 65.7 Å². The highest BCUT2D eigenvalue weighted by Gasteiger charge is 2.21. The number of hydrogen-bond acceptors (Lipinski definition) is 1. The molecule has 0 radical (unpaired) electrons. The zero-order chi connectivity index (χ0) is 11.1. The van der Waals surface area contributed by atoms with Crippen molar-refractivity contribution in [2.45, 2.75) is 71.8 Å². The maximum Gasteiger partial charge on any atom is 0.00697 e. The van der Waals surface area contributed by atoms with Gasteiger partial charge in [-0.05, 0) is 44.1 Å². The van der Waals surface area contributed by atoms with Crippen LogP contribution in [0, 0.1) is 11.8 Å². The number of nitrogens with one attached hydrogen (secondary N) is 1. The molecular formula is C14H29N. The van der Waals surface area contributed by atoms with Gasteiger partial charge in [-0.3, -0.25) is 0 Å². The fraction of sp³-hybridized carbons (Fsp3) is 1.00. The molecule has 15 heavy (non-hydrogen) atoms. The van der Waals surface area contributed by atoms with Crippen molar-refractivity contribution in [1.82, 2.24) is 5.32 Å². The van der Waals surface area contributed by atoms with Gasteiger partial charge in [0.1, 0.15) is 0 Å². The van der Waals surface area contributed by atoms with Gasteiger partial charge in [-0.2, -0.15) is 0 Å². The smallest absolute Gasteiger partial charge is 0.00697 e. The second-order valence-corrected chi connectivity index (χ2v) is 5.65. The summed E-state index contributed by atoms with van der Waals surface area (Å²) in [5.41, 5.74) is 0. The highest BCUT2D eigenvalue weighted by Crippen LogP contribution is 2.31. The Bertz CT molecular complexity index is 149. The van der Waals surface area contributed by atoms with Crippen LogP contribution < -0.4 is 5.32 Å². The zero-order valence-electron chi connectivity index (χ0n) is 10.9. The Balaban J connectivity index is 2.17. The molecule has 0 spiro atoms. The van der Waals surface area contributed by atoms with E-state index in [1.165, 1.54) is 51.5 Å². The van der Waals surface area contributed by atoms with Crippen molar-refractivity contribution in [3.8, 4) is 0 Å². The molecule has 0 heterocycles. The largest absolute Gasteiger partial charge is 0.314 e. The predicted molar refractivity (Wildman–Crippen MR) is 68.1 cm³/mol. The van der Waals surface area contributed by atoms with Crippen LogP contribution in [0.4, 0.5) is 0 Å². The molecule has 1 aliphatic rings. The summed E-state index contributed by atoms with van der Waals surface area (Å²) in [6.45, 7) is 8.13. The lowest BCUT2D eigenvalue weighted by Crippen LogP contribution is -2.33. The van der Waals surface area contributed by atoms with Crippen molar-refractivity contribution >= 4 is 0 Å². The molecule has 0 aromatic heterocycles. The lowest BCUT2D eigenvalue weighted by atomic mass is 9.80. The van der Waals surface area contributed by atoms with E-state index >= 15 is 0 Å². The first-order valence-electron chi connectivity index (χ1n) is 6.95. The van der Waals surface area contributed by atoms with E-state index in [-0.39, 0.29) is 0 Å². The van der Waals surface area contributed by atoms with Crippen molar-refractivity contribution in [2.24, 2.45) is 11.8 Å². The Hall–Kier alpha value is -0.0400. The Kier molecular flexibility index (Phi) is 6.31. The Labute approximate surface area is 96.0 Å². The highest BCUT2D eigenvalue weighted by molar-refractivity contribution is 4.77. The Morgan fingerprint density at radius 2 is 1.93 bits per heavy atom. The van der Waals surface area contributed by atoms with Crippen LogP contribution in [0.2, 0.25) is 0 Å². The van der Waals surface area contributed by atoms with E-state index in [1.54, 1.807) is 0 Å². The summed E-state index contributed by atoms with van der Waals surface area (Å²) in [4.78, 5) is 0. The average Bonchev–Trinajstić information content (AvgIpc) is 2.13. The van der Waals surface area contributed by atoms with Crippen LogP contribution >= 0.6 is 0 Å². The Morgan fingerprint density at radius 1 is 1.20 bits per heavy atom. The molecule has 1 heteroatoms. The van der Waals surface area contributed by atoms with Crippen LogP contribution in [-0.4, -0.2) is 12.6 Å². The predicted octanol–water partition coefficient (Wildman–Crippen LogP) is 3.98. The van der Waals surface area contributed by atoms with Crippen molar-refractivity contribution in [2.75, 3.05) is 6.54 Å². The van der Waals surface area contributed by atoms with Crippen molar-refractivity contribution in [3.63, 3.8) is 0 Å². The maximum atomic E-state index is 3.72. The van der Waals surface area contributed by atoms with Gasteiger partial charge in [0.15, 0.2) is 0 Å². The van der Waals surface area contributed by atoms with Gasteiger partial charge in [0.05, 0.1) is 0 Å². The minimum Gasteiger partial charge on any atom is -0.314 e. The van der Waals surface area contributed by atoms with E-state index in [4.69, 9.17) is 0 Å². The first-order valence-corrected chi connectivity index (χ1v) is 6.95. The van der Waals surface area contributed by atoms with Gasteiger partial charge in [-0.1, -0.05) is 40.0 Å². The lowest BCUT2D eigenvalue weighted by Gasteiger charge is -2.30. The minimum absolute atomic E-state index is 0.803. The molecule has 1 unspecified atom stereocenters. The number of hydrogen-bond donors (Lipinski definition) is 1. The summed E-state index contributed by atoms with van der Waals surface area (Å²) in [6, 6.07) is 0.803. The van der Waals surface area contributed by atoms with Crippen LogP contribution in [0.5, 0.6) is 0 Å². The van der Waals surface area contributed by atoms with Gasteiger partial charge >= 0.3 is 0 Å². The van der Waals surface area contributed by atoms with E-state index in [9.17, 15) is 0 Å². The second kappa shape index (κ2) is 7.27. The zero-order valence-corrected chi connectivity index (χ0v) is 10.9. The summed E-state index contributed by atoms with van der Waals surface area (Å²) in [7, 11) is 0. The van der Waals surface area contributed by atoms with Gasteiger partial charge in [0.25, 0.3) is 0 Å². The first kappa shape index (κ1) is 13.0. The summed E-state index contributed by atoms with van der Waals surface area (Å²) in [6.07, 6.45) is 9.94. The molecule has 1 atom stereocenters. The SMILES string of the molecule is CCCNC(CCC(C)C)CC1CCC1. The molecule has 1 N–H and O–H groups in total. The third-order valence-corrected chi connectivity index (χ3v) is 3.62. The van der Waals surface area contributed by atoms with Crippen LogP contribution in [0.3, 0.4) is 0 Å². The van der Waals surface area contributed by atoms with Crippen molar-refractivity contribution in [1.29, 1.82) is 0 Å². The standard InChI is InChI=1S/C14H29N/c1-4-10-15-14(9-8-12(2)3)11-13-6-5-7-13/h12-15H,4-11H2,1-3H3. The molecular weight excluding hydrogens is 182 g/mol. The fourth-order valence-corrected chi connectivity index (χ4v) is 2.32. The van der Waals surface area contributed by atoms with E-state index in [0.29, 0.717) is 0 Å². The minimum atomic E-state index is 0.803. The van der Waals surface area contributed by atoms with Crippen molar-refractivity contribution < 1.29 is 0 Å². The van der Waals surface area contributed by atoms with E-state index in [2.05, 4.69) is 26.1 Å². The van der Waals surface area contributed by atoms with Crippen LogP contribution in [0.15, 0.2) is 0 Å². The third kappa shape index (κ3) is 5.55. The van der Waals surface area contributed by atoms with Crippen LogP contribution in [0.25, 0.3) is 0 Å². The molecule has 1 nitrogen and oxygen atoms in total. The highest BCUT2D eigenvalue weighted by atomic mass is 14.9. The van der Waals surface area contributed by atoms with Crippen molar-refractivity contribution in [3.05, 3.63) is 0 Å². The van der Waals surface area contributed by atoms with Gasteiger partial charge in [0.2, 0.25) is 0 Å². The van der Waals surface area contributed by atoms with Gasteiger partial charge in [-0.25, -0.2) is 0 Å². The molecule has 0 aromatic rings. The van der Waals surface area contributed by atoms with E-state index < -0.39 is 0 Å². The maximum absolute atomic E-state index is 3.72. The monoisotopic (exact) mass is 211 g/mol. The van der Waals surface area contributed by atoms with Gasteiger partial charge < -0.3 is 5.32 Å². The molecule has 0 amide bonds. The fourth-order valence-electron chi connectivity index (χ4n) is 2.32. The Morgan fingerprint density at radius 3 is 2.40 bits per heavy atom. The first-order chi connectivity index (χ1) is 7.22.